The van der Waals surface area contributed by atoms with Crippen molar-refractivity contribution in [2.24, 2.45) is 5.73 Å². The number of nitrogens with one attached hydrogen (secondary N) is 1. The van der Waals surface area contributed by atoms with Gasteiger partial charge in [-0.25, -0.2) is 0 Å². The summed E-state index contributed by atoms with van der Waals surface area (Å²) in [6, 6.07) is 8.20. The summed E-state index contributed by atoms with van der Waals surface area (Å²) in [4.78, 5) is 8.96. The van der Waals surface area contributed by atoms with Gasteiger partial charge in [-0.05, 0) is 49.1 Å². The summed E-state index contributed by atoms with van der Waals surface area (Å²) in [5, 5.41) is 3.63. The van der Waals surface area contributed by atoms with Crippen molar-refractivity contribution >= 4 is 5.69 Å². The lowest BCUT2D eigenvalue weighted by Gasteiger charge is -2.20. The molecule has 0 saturated heterocycles. The molecule has 0 aliphatic carbocycles. The van der Waals surface area contributed by atoms with Crippen molar-refractivity contribution in [3.8, 4) is 0 Å². The Labute approximate surface area is 144 Å². The number of nitrogens with zero attached hydrogens (tertiary/aromatic N) is 2. The quantitative estimate of drug-likeness (QED) is 0.659. The number of pyridine rings is 2. The lowest BCUT2D eigenvalue weighted by Crippen LogP contribution is -2.32. The topological polar surface area (TPSA) is 89.8 Å². The van der Waals surface area contributed by atoms with Crippen molar-refractivity contribution in [2.45, 2.75) is 51.6 Å². The Bertz CT molecular complexity index is 627. The summed E-state index contributed by atoms with van der Waals surface area (Å²) >= 11 is 0. The molecule has 5 N–H and O–H groups in total. The summed E-state index contributed by atoms with van der Waals surface area (Å²) in [7, 11) is 0. The zero-order valence-corrected chi connectivity index (χ0v) is 14.7. The summed E-state index contributed by atoms with van der Waals surface area (Å²) in [5.74, 6) is 0.462. The minimum atomic E-state index is 0.285. The van der Waals surface area contributed by atoms with Crippen LogP contribution in [0.5, 0.6) is 0 Å². The fourth-order valence-corrected chi connectivity index (χ4v) is 2.86. The van der Waals surface area contributed by atoms with E-state index in [0.717, 1.165) is 42.9 Å². The molecule has 5 heteroatoms. The molecule has 2 rings (SSSR count). The van der Waals surface area contributed by atoms with Crippen LogP contribution >= 0.6 is 0 Å². The minimum Gasteiger partial charge on any atom is -0.397 e. The second-order valence-electron chi connectivity index (χ2n) is 6.45. The highest BCUT2D eigenvalue weighted by Crippen LogP contribution is 2.18. The van der Waals surface area contributed by atoms with Gasteiger partial charge in [0.1, 0.15) is 0 Å². The summed E-state index contributed by atoms with van der Waals surface area (Å²) in [6.45, 7) is 5.83. The van der Waals surface area contributed by atoms with E-state index in [1.54, 1.807) is 6.20 Å². The van der Waals surface area contributed by atoms with Gasteiger partial charge in [0.2, 0.25) is 0 Å². The molecule has 130 valence electrons. The maximum Gasteiger partial charge on any atom is 0.0648 e. The van der Waals surface area contributed by atoms with Crippen LogP contribution in [-0.4, -0.2) is 22.6 Å². The summed E-state index contributed by atoms with van der Waals surface area (Å²) in [5.41, 5.74) is 15.8. The first-order valence-electron chi connectivity index (χ1n) is 8.68. The Morgan fingerprint density at radius 3 is 2.46 bits per heavy atom. The second kappa shape index (κ2) is 9.35. The van der Waals surface area contributed by atoms with Crippen molar-refractivity contribution in [1.29, 1.82) is 0 Å². The number of nitrogen functional groups attached to an aromatic ring is 1. The average Bonchev–Trinajstić information content (AvgIpc) is 2.59. The number of anilines is 1. The number of hydrogen-bond acceptors (Lipinski definition) is 5. The highest BCUT2D eigenvalue weighted by Gasteiger charge is 2.14. The maximum absolute atomic E-state index is 6.04. The van der Waals surface area contributed by atoms with Crippen LogP contribution in [0.1, 0.15) is 49.6 Å². The first kappa shape index (κ1) is 18.4. The highest BCUT2D eigenvalue weighted by molar-refractivity contribution is 5.42. The van der Waals surface area contributed by atoms with Crippen LogP contribution in [-0.2, 0) is 13.0 Å². The zero-order valence-electron chi connectivity index (χ0n) is 14.7. The van der Waals surface area contributed by atoms with E-state index in [2.05, 4.69) is 35.2 Å². The second-order valence-corrected chi connectivity index (χ2v) is 6.45. The highest BCUT2D eigenvalue weighted by atomic mass is 14.9. The molecule has 1 unspecified atom stereocenters. The molecule has 0 aromatic carbocycles. The SMILES string of the molecule is CC(C)c1cccnc1CNC(CCCN)Cc1ncccc1N. The molecule has 2 aromatic rings. The van der Waals surface area contributed by atoms with Crippen LogP contribution in [0, 0.1) is 0 Å². The number of rotatable bonds is 9. The largest absolute Gasteiger partial charge is 0.397 e. The van der Waals surface area contributed by atoms with Crippen molar-refractivity contribution in [3.05, 3.63) is 53.6 Å². The molecule has 24 heavy (non-hydrogen) atoms. The molecule has 0 spiro atoms. The van der Waals surface area contributed by atoms with Crippen LogP contribution in [0.3, 0.4) is 0 Å². The van der Waals surface area contributed by atoms with Crippen molar-refractivity contribution in [3.63, 3.8) is 0 Å². The number of nitrogens with two attached hydrogens (primary N) is 2. The normalized spacial score (nSPS) is 12.5. The van der Waals surface area contributed by atoms with Gasteiger partial charge in [-0.1, -0.05) is 19.9 Å². The van der Waals surface area contributed by atoms with E-state index in [-0.39, 0.29) is 6.04 Å². The number of hydrogen-bond donors (Lipinski definition) is 3. The van der Waals surface area contributed by atoms with E-state index in [1.165, 1.54) is 5.56 Å². The molecule has 0 fully saturated rings. The molecule has 0 radical (unpaired) electrons. The summed E-state index contributed by atoms with van der Waals surface area (Å²) < 4.78 is 0. The van der Waals surface area contributed by atoms with E-state index in [4.69, 9.17) is 11.5 Å². The maximum atomic E-state index is 6.04. The van der Waals surface area contributed by atoms with Crippen LogP contribution in [0.15, 0.2) is 36.7 Å². The molecule has 0 aliphatic rings. The zero-order chi connectivity index (χ0) is 17.4. The molecule has 1 atom stereocenters. The van der Waals surface area contributed by atoms with E-state index in [1.807, 2.05) is 24.4 Å². The first-order chi connectivity index (χ1) is 11.6. The lowest BCUT2D eigenvalue weighted by molar-refractivity contribution is 0.458. The van der Waals surface area contributed by atoms with Crippen molar-refractivity contribution < 1.29 is 0 Å². The fourth-order valence-electron chi connectivity index (χ4n) is 2.86. The van der Waals surface area contributed by atoms with Crippen molar-refractivity contribution in [1.82, 2.24) is 15.3 Å². The molecular formula is C19H29N5. The van der Waals surface area contributed by atoms with E-state index >= 15 is 0 Å². The monoisotopic (exact) mass is 327 g/mol. The molecule has 0 saturated carbocycles. The Kier molecular flexibility index (Phi) is 7.15. The minimum absolute atomic E-state index is 0.285. The molecule has 2 heterocycles. The molecule has 2 aromatic heterocycles. The molecule has 0 aliphatic heterocycles. The molecule has 0 bridgehead atoms. The molecule has 5 nitrogen and oxygen atoms in total. The van der Waals surface area contributed by atoms with Gasteiger partial charge in [0.15, 0.2) is 0 Å². The Morgan fingerprint density at radius 1 is 1.08 bits per heavy atom. The van der Waals surface area contributed by atoms with Gasteiger partial charge in [-0.15, -0.1) is 0 Å². The molecular weight excluding hydrogens is 298 g/mol. The van der Waals surface area contributed by atoms with Gasteiger partial charge in [-0.2, -0.15) is 0 Å². The summed E-state index contributed by atoms with van der Waals surface area (Å²) in [6.07, 6.45) is 6.42. The predicted molar refractivity (Wildman–Crippen MR) is 99.6 cm³/mol. The Hall–Kier alpha value is -1.98. The average molecular weight is 327 g/mol. The van der Waals surface area contributed by atoms with Gasteiger partial charge in [0.05, 0.1) is 17.1 Å². The Morgan fingerprint density at radius 2 is 1.79 bits per heavy atom. The third-order valence-corrected chi connectivity index (χ3v) is 4.23. The van der Waals surface area contributed by atoms with Gasteiger partial charge in [-0.3, -0.25) is 9.97 Å². The van der Waals surface area contributed by atoms with Gasteiger partial charge in [0.25, 0.3) is 0 Å². The smallest absolute Gasteiger partial charge is 0.0648 e. The van der Waals surface area contributed by atoms with E-state index < -0.39 is 0 Å². The first-order valence-corrected chi connectivity index (χ1v) is 8.68. The predicted octanol–water partition coefficient (Wildman–Crippen LogP) is 2.62. The van der Waals surface area contributed by atoms with Gasteiger partial charge >= 0.3 is 0 Å². The van der Waals surface area contributed by atoms with Crippen molar-refractivity contribution in [2.75, 3.05) is 12.3 Å². The van der Waals surface area contributed by atoms with Crippen LogP contribution < -0.4 is 16.8 Å². The third-order valence-electron chi connectivity index (χ3n) is 4.23. The Balaban J connectivity index is 2.05. The van der Waals surface area contributed by atoms with Gasteiger partial charge in [0, 0.05) is 31.4 Å². The van der Waals surface area contributed by atoms with Crippen LogP contribution in [0.2, 0.25) is 0 Å². The number of aromatic nitrogens is 2. The molecule has 0 amide bonds. The van der Waals surface area contributed by atoms with Gasteiger partial charge < -0.3 is 16.8 Å². The van der Waals surface area contributed by atoms with E-state index in [0.29, 0.717) is 12.5 Å². The van der Waals surface area contributed by atoms with E-state index in [9.17, 15) is 0 Å². The lowest BCUT2D eigenvalue weighted by atomic mass is 10.0. The van der Waals surface area contributed by atoms with Crippen LogP contribution in [0.25, 0.3) is 0 Å². The third kappa shape index (κ3) is 5.28. The fraction of sp³-hybridized carbons (Fsp3) is 0.474. The standard InChI is InChI=1S/C19H29N5/c1-14(2)16-7-4-10-23-19(16)13-24-15(6-3-9-20)12-18-17(21)8-5-11-22-18/h4-5,7-8,10-11,14-15,24H,3,6,9,12-13,20-21H2,1-2H3. The van der Waals surface area contributed by atoms with Crippen LogP contribution in [0.4, 0.5) is 5.69 Å².